The number of amides is 2. The maximum Gasteiger partial charge on any atom is 0.322 e. The molecule has 0 aliphatic carbocycles. The highest BCUT2D eigenvalue weighted by atomic mass is 35.5. The summed E-state index contributed by atoms with van der Waals surface area (Å²) in [7, 11) is 1.61. The molecule has 188 valence electrons. The lowest BCUT2D eigenvalue weighted by atomic mass is 10.1. The number of nitrogens with one attached hydrogen (secondary N) is 2. The van der Waals surface area contributed by atoms with Gasteiger partial charge < -0.3 is 20.3 Å². The number of ether oxygens (including phenoxy) is 1. The molecule has 0 saturated carbocycles. The van der Waals surface area contributed by atoms with E-state index in [0.29, 0.717) is 51.6 Å². The van der Waals surface area contributed by atoms with Crippen LogP contribution in [0.1, 0.15) is 11.3 Å². The number of fused-ring (bicyclic) bond motifs is 1. The number of methoxy groups -OCH3 is 1. The molecule has 3 aromatic carbocycles. The first-order valence-corrected chi connectivity index (χ1v) is 12.3. The summed E-state index contributed by atoms with van der Waals surface area (Å²) < 4.78 is 6.76. The van der Waals surface area contributed by atoms with Gasteiger partial charge >= 0.3 is 6.03 Å². The van der Waals surface area contributed by atoms with Crippen molar-refractivity contribution in [1.82, 2.24) is 14.5 Å². The fraction of sp³-hybridized carbons (Fsp3) is 0.148. The van der Waals surface area contributed by atoms with E-state index < -0.39 is 0 Å². The molecule has 1 aromatic heterocycles. The average molecular weight is 536 g/mol. The van der Waals surface area contributed by atoms with Gasteiger partial charge in [0.15, 0.2) is 0 Å². The van der Waals surface area contributed by atoms with E-state index in [1.165, 1.54) is 4.57 Å². The number of para-hydroxylation sites is 1. The molecule has 0 unspecified atom stereocenters. The number of hydrogen-bond donors (Lipinski definition) is 2. The van der Waals surface area contributed by atoms with Crippen LogP contribution in [0.15, 0.2) is 77.6 Å². The van der Waals surface area contributed by atoms with Crippen molar-refractivity contribution in [1.29, 1.82) is 0 Å². The molecule has 5 rings (SSSR count). The molecule has 4 aromatic rings. The maximum absolute atomic E-state index is 13.8. The van der Waals surface area contributed by atoms with Crippen LogP contribution in [0.3, 0.4) is 0 Å². The summed E-state index contributed by atoms with van der Waals surface area (Å²) in [5, 5.41) is 6.88. The lowest BCUT2D eigenvalue weighted by Gasteiger charge is -2.29. The normalized spacial score (nSPS) is 12.6. The molecule has 0 atom stereocenters. The molecule has 0 radical (unpaired) electrons. The molecule has 10 heteroatoms. The topological polar surface area (TPSA) is 88.5 Å². The van der Waals surface area contributed by atoms with Gasteiger partial charge in [0.05, 0.1) is 41.3 Å². The standard InChI is InChI=1S/C27H23Cl2N5O3/c1-37-20-10-8-18(9-11-20)30-26-31-23-13-14-33(27(36)32-24-12-7-17(28)15-22(24)29)16-21(23)25(35)34(26)19-5-3-2-4-6-19/h2-12,15H,13-14,16H2,1H3,(H,30,31)(H,32,36). The van der Waals surface area contributed by atoms with Crippen molar-refractivity contribution < 1.29 is 9.53 Å². The van der Waals surface area contributed by atoms with E-state index >= 15 is 0 Å². The third-order valence-electron chi connectivity index (χ3n) is 6.05. The second kappa shape index (κ2) is 10.5. The van der Waals surface area contributed by atoms with Crippen molar-refractivity contribution >= 4 is 46.6 Å². The van der Waals surface area contributed by atoms with Gasteiger partial charge in [-0.2, -0.15) is 0 Å². The van der Waals surface area contributed by atoms with E-state index in [2.05, 4.69) is 10.6 Å². The summed E-state index contributed by atoms with van der Waals surface area (Å²) in [6.07, 6.45) is 0.430. The minimum Gasteiger partial charge on any atom is -0.497 e. The molecule has 2 amide bonds. The Bertz CT molecular complexity index is 1510. The van der Waals surface area contributed by atoms with Gasteiger partial charge in [0.1, 0.15) is 5.75 Å². The van der Waals surface area contributed by atoms with Crippen LogP contribution in [0.2, 0.25) is 10.0 Å². The van der Waals surface area contributed by atoms with E-state index in [1.54, 1.807) is 30.2 Å². The van der Waals surface area contributed by atoms with Crippen molar-refractivity contribution in [3.05, 3.63) is 104 Å². The van der Waals surface area contributed by atoms with Crippen molar-refractivity contribution in [2.45, 2.75) is 13.0 Å². The van der Waals surface area contributed by atoms with Crippen LogP contribution < -0.4 is 20.9 Å². The van der Waals surface area contributed by atoms with Crippen LogP contribution in [-0.4, -0.2) is 34.1 Å². The van der Waals surface area contributed by atoms with Crippen LogP contribution in [0.4, 0.5) is 22.1 Å². The third-order valence-corrected chi connectivity index (χ3v) is 6.60. The first kappa shape index (κ1) is 24.7. The van der Waals surface area contributed by atoms with E-state index in [1.807, 2.05) is 54.6 Å². The zero-order chi connectivity index (χ0) is 25.9. The van der Waals surface area contributed by atoms with Gasteiger partial charge in [-0.3, -0.25) is 4.79 Å². The van der Waals surface area contributed by atoms with E-state index in [-0.39, 0.29) is 18.1 Å². The molecule has 2 N–H and O–H groups in total. The average Bonchev–Trinajstić information content (AvgIpc) is 2.91. The van der Waals surface area contributed by atoms with Gasteiger partial charge in [-0.25, -0.2) is 14.3 Å². The second-order valence-corrected chi connectivity index (χ2v) is 9.26. The molecule has 0 bridgehead atoms. The number of urea groups is 1. The molecule has 0 saturated heterocycles. The van der Waals surface area contributed by atoms with Crippen molar-refractivity contribution in [2.24, 2.45) is 0 Å². The molecule has 1 aliphatic heterocycles. The Labute approximate surface area is 223 Å². The largest absolute Gasteiger partial charge is 0.497 e. The summed E-state index contributed by atoms with van der Waals surface area (Å²) in [6, 6.07) is 21.1. The monoisotopic (exact) mass is 535 g/mol. The van der Waals surface area contributed by atoms with E-state index in [4.69, 9.17) is 32.9 Å². The predicted octanol–water partition coefficient (Wildman–Crippen LogP) is 5.88. The van der Waals surface area contributed by atoms with Gasteiger partial charge in [0.25, 0.3) is 5.56 Å². The first-order chi connectivity index (χ1) is 17.9. The van der Waals surface area contributed by atoms with E-state index in [0.717, 1.165) is 11.4 Å². The van der Waals surface area contributed by atoms with Gasteiger partial charge in [-0.1, -0.05) is 41.4 Å². The SMILES string of the molecule is COc1ccc(Nc2nc3c(c(=O)n2-c2ccccc2)CN(C(=O)Nc2ccc(Cl)cc2Cl)CC3)cc1. The second-order valence-electron chi connectivity index (χ2n) is 8.42. The summed E-state index contributed by atoms with van der Waals surface area (Å²) in [5.74, 6) is 1.12. The number of hydrogen-bond acceptors (Lipinski definition) is 5. The third kappa shape index (κ3) is 5.26. The number of nitrogens with zero attached hydrogens (tertiary/aromatic N) is 3. The van der Waals surface area contributed by atoms with Crippen molar-refractivity contribution in [2.75, 3.05) is 24.3 Å². The number of rotatable bonds is 5. The minimum atomic E-state index is -0.360. The Morgan fingerprint density at radius 2 is 1.78 bits per heavy atom. The number of benzene rings is 3. The van der Waals surface area contributed by atoms with E-state index in [9.17, 15) is 9.59 Å². The van der Waals surface area contributed by atoms with Gasteiger partial charge in [0, 0.05) is 23.7 Å². The highest BCUT2D eigenvalue weighted by molar-refractivity contribution is 6.36. The zero-order valence-electron chi connectivity index (χ0n) is 19.9. The molecular weight excluding hydrogens is 513 g/mol. The summed E-state index contributed by atoms with van der Waals surface area (Å²) in [5.41, 5.74) is 2.74. The lowest BCUT2D eigenvalue weighted by Crippen LogP contribution is -2.43. The molecular formula is C27H23Cl2N5O3. The van der Waals surface area contributed by atoms with Gasteiger partial charge in [0.2, 0.25) is 5.95 Å². The van der Waals surface area contributed by atoms with Crippen molar-refractivity contribution in [3.8, 4) is 11.4 Å². The molecule has 2 heterocycles. The van der Waals surface area contributed by atoms with Gasteiger partial charge in [-0.05, 0) is 54.6 Å². The van der Waals surface area contributed by atoms with Crippen molar-refractivity contribution in [3.63, 3.8) is 0 Å². The predicted molar refractivity (Wildman–Crippen MR) is 146 cm³/mol. The zero-order valence-corrected chi connectivity index (χ0v) is 21.4. The quantitative estimate of drug-likeness (QED) is 0.333. The molecule has 0 spiro atoms. The summed E-state index contributed by atoms with van der Waals surface area (Å²) in [4.78, 5) is 33.2. The first-order valence-electron chi connectivity index (χ1n) is 11.5. The van der Waals surface area contributed by atoms with Crippen LogP contribution in [0.5, 0.6) is 5.75 Å². The Balaban J connectivity index is 1.48. The minimum absolute atomic E-state index is 0.119. The molecule has 37 heavy (non-hydrogen) atoms. The summed E-state index contributed by atoms with van der Waals surface area (Å²) >= 11 is 12.2. The Kier molecular flexibility index (Phi) is 7.03. The van der Waals surface area contributed by atoms with Crippen LogP contribution in [0.25, 0.3) is 5.69 Å². The van der Waals surface area contributed by atoms with Gasteiger partial charge in [-0.15, -0.1) is 0 Å². The maximum atomic E-state index is 13.8. The van der Waals surface area contributed by atoms with Crippen LogP contribution >= 0.6 is 23.2 Å². The fourth-order valence-electron chi connectivity index (χ4n) is 4.14. The number of halogens is 2. The Morgan fingerprint density at radius 1 is 1.03 bits per heavy atom. The number of carbonyl (C=O) groups is 1. The molecule has 1 aliphatic rings. The van der Waals surface area contributed by atoms with Crippen LogP contribution in [-0.2, 0) is 13.0 Å². The number of carbonyl (C=O) groups excluding carboxylic acids is 1. The Morgan fingerprint density at radius 3 is 2.49 bits per heavy atom. The lowest BCUT2D eigenvalue weighted by molar-refractivity contribution is 0.205. The molecule has 0 fully saturated rings. The number of aromatic nitrogens is 2. The summed E-state index contributed by atoms with van der Waals surface area (Å²) in [6.45, 7) is 0.516. The van der Waals surface area contributed by atoms with Crippen LogP contribution in [0, 0.1) is 0 Å². The number of anilines is 3. The highest BCUT2D eigenvalue weighted by Crippen LogP contribution is 2.27. The smallest absolute Gasteiger partial charge is 0.322 e. The highest BCUT2D eigenvalue weighted by Gasteiger charge is 2.27. The fourth-order valence-corrected chi connectivity index (χ4v) is 4.59. The Hall–Kier alpha value is -4.01. The molecule has 8 nitrogen and oxygen atoms in total.